The van der Waals surface area contributed by atoms with E-state index < -0.39 is 23.3 Å². The Balaban J connectivity index is 1.68. The van der Waals surface area contributed by atoms with Crippen LogP contribution >= 0.6 is 11.3 Å². The van der Waals surface area contributed by atoms with Crippen LogP contribution in [0.3, 0.4) is 0 Å². The molecule has 0 saturated carbocycles. The highest BCUT2D eigenvalue weighted by molar-refractivity contribution is 7.22. The van der Waals surface area contributed by atoms with Crippen LogP contribution in [0.5, 0.6) is 17.2 Å². The second kappa shape index (κ2) is 10.5. The van der Waals surface area contributed by atoms with Crippen molar-refractivity contribution in [2.75, 3.05) is 7.11 Å². The fraction of sp³-hybridized carbons (Fsp3) is 0.233. The Morgan fingerprint density at radius 1 is 0.921 bits per heavy atom. The summed E-state index contributed by atoms with van der Waals surface area (Å²) in [6, 6.07) is 16.4. The van der Waals surface area contributed by atoms with E-state index in [4.69, 9.17) is 14.2 Å². The number of carbonyl (C=O) groups is 1. The van der Waals surface area contributed by atoms with Crippen LogP contribution in [0.4, 0.5) is 13.2 Å². The number of fused-ring (bicyclic) bond motifs is 1. The van der Waals surface area contributed by atoms with Crippen molar-refractivity contribution in [2.45, 2.75) is 39.5 Å². The van der Waals surface area contributed by atoms with Crippen LogP contribution in [-0.2, 0) is 15.7 Å². The van der Waals surface area contributed by atoms with E-state index >= 15 is 0 Å². The number of benzene rings is 3. The number of hydrogen-bond acceptors (Lipinski definition) is 5. The van der Waals surface area contributed by atoms with E-state index in [1.54, 1.807) is 65.1 Å². The predicted molar refractivity (Wildman–Crippen MR) is 145 cm³/mol. The number of alkyl halides is 3. The number of methoxy groups -OCH3 is 1. The van der Waals surface area contributed by atoms with Crippen LogP contribution in [0.25, 0.3) is 26.6 Å². The molecular weight excluding hydrogens is 513 g/mol. The van der Waals surface area contributed by atoms with Gasteiger partial charge in [0.1, 0.15) is 17.1 Å². The van der Waals surface area contributed by atoms with Crippen molar-refractivity contribution in [1.82, 2.24) is 0 Å². The fourth-order valence-corrected chi connectivity index (χ4v) is 5.07. The van der Waals surface area contributed by atoms with Crippen molar-refractivity contribution in [2.24, 2.45) is 0 Å². The zero-order valence-corrected chi connectivity index (χ0v) is 22.4. The molecule has 0 aliphatic rings. The molecule has 8 heteroatoms. The highest BCUT2D eigenvalue weighted by Gasteiger charge is 2.31. The molecule has 0 saturated heterocycles. The summed E-state index contributed by atoms with van der Waals surface area (Å²) in [5, 5.41) is 0.819. The van der Waals surface area contributed by atoms with E-state index in [2.05, 4.69) is 0 Å². The van der Waals surface area contributed by atoms with Gasteiger partial charge in [-0.15, -0.1) is 11.3 Å². The van der Waals surface area contributed by atoms with Crippen LogP contribution in [0, 0.1) is 6.92 Å². The second-order valence-corrected chi connectivity index (χ2v) is 10.7. The Morgan fingerprint density at radius 3 is 2.21 bits per heavy atom. The molecule has 1 aromatic heterocycles. The number of esters is 1. The average molecular weight is 541 g/mol. The van der Waals surface area contributed by atoms with Gasteiger partial charge in [0.15, 0.2) is 5.75 Å². The number of hydrogen-bond donors (Lipinski definition) is 0. The topological polar surface area (TPSA) is 44.8 Å². The van der Waals surface area contributed by atoms with Crippen molar-refractivity contribution in [3.63, 3.8) is 0 Å². The lowest BCUT2D eigenvalue weighted by atomic mass is 10.0. The van der Waals surface area contributed by atoms with Gasteiger partial charge in [-0.3, -0.25) is 0 Å². The van der Waals surface area contributed by atoms with Gasteiger partial charge in [-0.05, 0) is 92.9 Å². The molecule has 0 fully saturated rings. The van der Waals surface area contributed by atoms with Crippen LogP contribution in [0.1, 0.15) is 37.5 Å². The molecule has 4 rings (SSSR count). The molecule has 0 unspecified atom stereocenters. The third kappa shape index (κ3) is 6.37. The summed E-state index contributed by atoms with van der Waals surface area (Å²) in [5.74, 6) is 1.32. The van der Waals surface area contributed by atoms with Crippen molar-refractivity contribution < 1.29 is 32.2 Å². The summed E-state index contributed by atoms with van der Waals surface area (Å²) in [5.41, 5.74) is 0.659. The first kappa shape index (κ1) is 27.3. The van der Waals surface area contributed by atoms with Crippen molar-refractivity contribution in [3.05, 3.63) is 83.4 Å². The van der Waals surface area contributed by atoms with Crippen molar-refractivity contribution >= 4 is 33.5 Å². The molecule has 0 bridgehead atoms. The van der Waals surface area contributed by atoms with Crippen LogP contribution in [0.15, 0.2) is 66.7 Å². The maximum atomic E-state index is 13.3. The van der Waals surface area contributed by atoms with Crippen molar-refractivity contribution in [1.29, 1.82) is 0 Å². The van der Waals surface area contributed by atoms with Crippen LogP contribution in [0.2, 0.25) is 0 Å². The molecule has 0 aliphatic carbocycles. The van der Waals surface area contributed by atoms with Crippen LogP contribution < -0.4 is 9.47 Å². The van der Waals surface area contributed by atoms with E-state index in [1.165, 1.54) is 23.5 Å². The van der Waals surface area contributed by atoms with Gasteiger partial charge in [0, 0.05) is 16.2 Å². The van der Waals surface area contributed by atoms with E-state index in [0.717, 1.165) is 27.8 Å². The Kier molecular flexibility index (Phi) is 7.56. The van der Waals surface area contributed by atoms with Gasteiger partial charge >= 0.3 is 12.1 Å². The maximum Gasteiger partial charge on any atom is 0.416 e. The molecule has 0 atom stereocenters. The smallest absolute Gasteiger partial charge is 0.416 e. The minimum atomic E-state index is -4.42. The van der Waals surface area contributed by atoms with E-state index in [1.807, 2.05) is 18.2 Å². The Morgan fingerprint density at radius 2 is 1.61 bits per heavy atom. The summed E-state index contributed by atoms with van der Waals surface area (Å²) < 4.78 is 57.6. The van der Waals surface area contributed by atoms with Gasteiger partial charge in [-0.25, -0.2) is 4.79 Å². The molecule has 3 aromatic carbocycles. The van der Waals surface area contributed by atoms with E-state index in [9.17, 15) is 18.0 Å². The van der Waals surface area contributed by atoms with Gasteiger partial charge in [-0.2, -0.15) is 13.2 Å². The molecule has 0 spiro atoms. The van der Waals surface area contributed by atoms with Crippen LogP contribution in [-0.4, -0.2) is 18.7 Å². The summed E-state index contributed by atoms with van der Waals surface area (Å²) in [6.07, 6.45) is -1.40. The molecule has 0 amide bonds. The number of rotatable bonds is 6. The quantitative estimate of drug-likeness (QED) is 0.181. The zero-order valence-electron chi connectivity index (χ0n) is 21.6. The highest BCUT2D eigenvalue weighted by Crippen LogP contribution is 2.48. The lowest BCUT2D eigenvalue weighted by Crippen LogP contribution is -2.22. The van der Waals surface area contributed by atoms with Gasteiger partial charge in [0.2, 0.25) is 0 Å². The molecule has 0 aliphatic heterocycles. The third-order valence-electron chi connectivity index (χ3n) is 5.57. The molecule has 0 radical (unpaired) electrons. The minimum Gasteiger partial charge on any atom is -0.497 e. The summed E-state index contributed by atoms with van der Waals surface area (Å²) in [4.78, 5) is 12.7. The summed E-state index contributed by atoms with van der Waals surface area (Å²) in [7, 11) is 1.58. The molecule has 1 heterocycles. The summed E-state index contributed by atoms with van der Waals surface area (Å²) >= 11 is 1.42. The monoisotopic (exact) mass is 540 g/mol. The minimum absolute atomic E-state index is 0.436. The maximum absolute atomic E-state index is 13.3. The Bertz CT molecular complexity index is 1490. The van der Waals surface area contributed by atoms with Gasteiger partial charge in [0.25, 0.3) is 0 Å². The van der Waals surface area contributed by atoms with E-state index in [0.29, 0.717) is 33.3 Å². The number of aryl methyl sites for hydroxylation is 1. The van der Waals surface area contributed by atoms with Gasteiger partial charge in [-0.1, -0.05) is 18.2 Å². The average Bonchev–Trinajstić information content (AvgIpc) is 3.19. The zero-order chi connectivity index (χ0) is 27.7. The molecule has 4 nitrogen and oxygen atoms in total. The molecule has 0 N–H and O–H groups in total. The number of halogens is 3. The first-order chi connectivity index (χ1) is 17.8. The Labute approximate surface area is 223 Å². The normalized spacial score (nSPS) is 12.2. The first-order valence-electron chi connectivity index (χ1n) is 11.8. The van der Waals surface area contributed by atoms with E-state index in [-0.39, 0.29) is 0 Å². The van der Waals surface area contributed by atoms with Gasteiger partial charge < -0.3 is 14.2 Å². The SMILES string of the molecule is COc1ccc2c(Oc3ccc(/C=C/C(=O)OC(C)(C)C)cc3)c(-c3ccc(C(F)(F)F)cc3C)sc2c1. The number of ether oxygens (including phenoxy) is 3. The molecule has 38 heavy (non-hydrogen) atoms. The molecular formula is C30H27F3O4S. The summed E-state index contributed by atoms with van der Waals surface area (Å²) in [6.45, 7) is 7.06. The molecule has 198 valence electrons. The third-order valence-corrected chi connectivity index (χ3v) is 6.74. The predicted octanol–water partition coefficient (Wildman–Crippen LogP) is 9.05. The Hall–Kier alpha value is -3.78. The lowest BCUT2D eigenvalue weighted by Gasteiger charge is -2.17. The molecule has 4 aromatic rings. The lowest BCUT2D eigenvalue weighted by molar-refractivity contribution is -0.148. The number of thiophene rings is 1. The number of carbonyl (C=O) groups excluding carboxylic acids is 1. The second-order valence-electron chi connectivity index (χ2n) is 9.69. The highest BCUT2D eigenvalue weighted by atomic mass is 32.1. The fourth-order valence-electron chi connectivity index (χ4n) is 3.82. The van der Waals surface area contributed by atoms with Crippen molar-refractivity contribution in [3.8, 4) is 27.7 Å². The standard InChI is InChI=1S/C30H27F3O4S/c1-18-16-20(30(31,32)33)9-13-23(18)28-27(24-14-12-22(35-5)17-25(24)38-28)36-21-10-6-19(7-11-21)8-15-26(34)37-29(2,3)4/h6-17H,1-5H3/b15-8+. The van der Waals surface area contributed by atoms with Gasteiger partial charge in [0.05, 0.1) is 17.6 Å². The first-order valence-corrected chi connectivity index (χ1v) is 12.6. The largest absolute Gasteiger partial charge is 0.497 e.